The summed E-state index contributed by atoms with van der Waals surface area (Å²) in [6.45, 7) is 5.50. The van der Waals surface area contributed by atoms with Crippen molar-refractivity contribution in [3.05, 3.63) is 25.3 Å². The van der Waals surface area contributed by atoms with Gasteiger partial charge in [0.05, 0.1) is 0 Å². The number of ether oxygens (including phenoxy) is 2. The Morgan fingerprint density at radius 3 is 1.42 bits per heavy atom. The Bertz CT molecular complexity index is 438. The van der Waals surface area contributed by atoms with Crippen LogP contribution in [-0.4, -0.2) is 59.1 Å². The average molecular weight is 342 g/mol. The summed E-state index contributed by atoms with van der Waals surface area (Å²) in [4.78, 5) is 44.7. The van der Waals surface area contributed by atoms with Crippen molar-refractivity contribution in [2.45, 2.75) is 37.9 Å². The van der Waals surface area contributed by atoms with Crippen LogP contribution in [0.1, 0.15) is 25.7 Å². The smallest absolute Gasteiger partial charge is 0.305 e. The van der Waals surface area contributed by atoms with Crippen molar-refractivity contribution < 1.29 is 38.9 Å². The monoisotopic (exact) mass is 342 g/mol. The number of aliphatic hydroxyl groups excluding tert-OH is 2. The van der Waals surface area contributed by atoms with Crippen LogP contribution in [-0.2, 0) is 28.7 Å². The zero-order valence-corrected chi connectivity index (χ0v) is 13.3. The number of esters is 2. The van der Waals surface area contributed by atoms with Gasteiger partial charge in [0, 0.05) is 12.8 Å². The number of hydrogen-bond acceptors (Lipinski definition) is 8. The van der Waals surface area contributed by atoms with Gasteiger partial charge in [0.2, 0.25) is 0 Å². The molecule has 0 rings (SSSR count). The predicted octanol–water partition coefficient (Wildman–Crippen LogP) is -0.135. The minimum atomic E-state index is -1.42. The molecule has 8 heteroatoms. The van der Waals surface area contributed by atoms with Gasteiger partial charge >= 0.3 is 11.9 Å². The summed E-state index contributed by atoms with van der Waals surface area (Å²) in [5.41, 5.74) is 0. The van der Waals surface area contributed by atoms with Crippen molar-refractivity contribution in [3.8, 4) is 0 Å². The summed E-state index contributed by atoms with van der Waals surface area (Å²) in [7, 11) is 0. The van der Waals surface area contributed by atoms with E-state index in [9.17, 15) is 29.4 Å². The Morgan fingerprint density at radius 1 is 0.792 bits per heavy atom. The van der Waals surface area contributed by atoms with Crippen molar-refractivity contribution in [2.24, 2.45) is 0 Å². The number of rotatable bonds is 13. The van der Waals surface area contributed by atoms with E-state index in [0.717, 1.165) is 12.2 Å². The number of aliphatic hydroxyl groups is 2. The second kappa shape index (κ2) is 12.1. The summed E-state index contributed by atoms with van der Waals surface area (Å²) in [6.07, 6.45) is -0.272. The molecule has 0 aliphatic heterocycles. The van der Waals surface area contributed by atoms with E-state index in [1.54, 1.807) is 0 Å². The van der Waals surface area contributed by atoms with E-state index in [-0.39, 0.29) is 12.8 Å². The van der Waals surface area contributed by atoms with Crippen LogP contribution in [0.2, 0.25) is 0 Å². The van der Waals surface area contributed by atoms with E-state index in [1.165, 1.54) is 0 Å². The molecule has 0 aliphatic rings. The molecule has 2 atom stereocenters. The first-order chi connectivity index (χ1) is 11.3. The maximum Gasteiger partial charge on any atom is 0.305 e. The molecule has 0 radical (unpaired) electrons. The fourth-order valence-electron chi connectivity index (χ4n) is 1.46. The third-order valence-corrected chi connectivity index (χ3v) is 2.88. The minimum Gasteiger partial charge on any atom is -0.462 e. The zero-order valence-electron chi connectivity index (χ0n) is 13.3. The van der Waals surface area contributed by atoms with E-state index >= 15 is 0 Å². The molecule has 0 amide bonds. The van der Waals surface area contributed by atoms with Crippen LogP contribution in [0.15, 0.2) is 25.3 Å². The van der Waals surface area contributed by atoms with Gasteiger partial charge in [0.25, 0.3) is 0 Å². The average Bonchev–Trinajstić information content (AvgIpc) is 2.59. The van der Waals surface area contributed by atoms with Crippen LogP contribution in [0.3, 0.4) is 0 Å². The maximum absolute atomic E-state index is 11.4. The summed E-state index contributed by atoms with van der Waals surface area (Å²) >= 11 is 0. The summed E-state index contributed by atoms with van der Waals surface area (Å²) in [5, 5.41) is 18.5. The first-order valence-corrected chi connectivity index (χ1v) is 7.31. The Morgan fingerprint density at radius 2 is 1.12 bits per heavy atom. The molecule has 0 saturated heterocycles. The van der Waals surface area contributed by atoms with Crippen LogP contribution in [0.4, 0.5) is 0 Å². The van der Waals surface area contributed by atoms with Crippen molar-refractivity contribution >= 4 is 23.5 Å². The highest BCUT2D eigenvalue weighted by atomic mass is 16.5. The lowest BCUT2D eigenvalue weighted by Crippen LogP contribution is -2.26. The molecule has 0 fully saturated rings. The lowest BCUT2D eigenvalue weighted by molar-refractivity contribution is -0.150. The second-order valence-electron chi connectivity index (χ2n) is 4.82. The van der Waals surface area contributed by atoms with Gasteiger partial charge in [-0.25, -0.2) is 0 Å². The molecule has 0 aromatic rings. The molecule has 0 aromatic carbocycles. The lowest BCUT2D eigenvalue weighted by atomic mass is 10.2. The highest BCUT2D eigenvalue weighted by Gasteiger charge is 2.15. The van der Waals surface area contributed by atoms with Gasteiger partial charge in [-0.1, -0.05) is 13.2 Å². The van der Waals surface area contributed by atoms with Gasteiger partial charge in [-0.2, -0.15) is 0 Å². The third-order valence-electron chi connectivity index (χ3n) is 2.88. The molecule has 0 aromatic heterocycles. The fourth-order valence-corrected chi connectivity index (χ4v) is 1.46. The fraction of sp³-hybridized carbons (Fsp3) is 0.500. The first kappa shape index (κ1) is 21.7. The van der Waals surface area contributed by atoms with Gasteiger partial charge in [0.1, 0.15) is 13.2 Å². The number of carbonyl (C=O) groups is 4. The van der Waals surface area contributed by atoms with Crippen molar-refractivity contribution in [1.29, 1.82) is 0 Å². The van der Waals surface area contributed by atoms with Crippen LogP contribution in [0.25, 0.3) is 0 Å². The van der Waals surface area contributed by atoms with E-state index in [2.05, 4.69) is 13.2 Å². The molecule has 24 heavy (non-hydrogen) atoms. The zero-order chi connectivity index (χ0) is 18.5. The second-order valence-corrected chi connectivity index (χ2v) is 4.82. The van der Waals surface area contributed by atoms with Gasteiger partial charge in [-0.05, 0) is 25.0 Å². The van der Waals surface area contributed by atoms with Crippen LogP contribution in [0.5, 0.6) is 0 Å². The molecule has 0 bridgehead atoms. The summed E-state index contributed by atoms with van der Waals surface area (Å²) < 4.78 is 9.40. The molecular formula is C16H22O8. The summed E-state index contributed by atoms with van der Waals surface area (Å²) in [6, 6.07) is 0. The molecule has 2 unspecified atom stereocenters. The van der Waals surface area contributed by atoms with Gasteiger partial charge in [0.15, 0.2) is 23.8 Å². The maximum atomic E-state index is 11.4. The molecule has 0 spiro atoms. The van der Waals surface area contributed by atoms with E-state index in [4.69, 9.17) is 9.47 Å². The molecule has 0 saturated carbocycles. The Hall–Kier alpha value is -2.32. The topological polar surface area (TPSA) is 127 Å². The van der Waals surface area contributed by atoms with Crippen LogP contribution >= 0.6 is 0 Å². The van der Waals surface area contributed by atoms with E-state index in [0.29, 0.717) is 12.8 Å². The minimum absolute atomic E-state index is 0.0137. The SMILES string of the molecule is C=CC(=O)C(O)COC(=O)CCCCC(=O)OCC(O)C(=O)C=C. The van der Waals surface area contributed by atoms with Crippen molar-refractivity contribution in [2.75, 3.05) is 13.2 Å². The van der Waals surface area contributed by atoms with Crippen molar-refractivity contribution in [3.63, 3.8) is 0 Å². The van der Waals surface area contributed by atoms with Crippen molar-refractivity contribution in [1.82, 2.24) is 0 Å². The first-order valence-electron chi connectivity index (χ1n) is 7.31. The Labute approximate surface area is 139 Å². The standard InChI is InChI=1S/C16H22O8/c1-3-11(17)13(19)9-23-15(21)7-5-6-8-16(22)24-10-14(20)12(18)4-2/h3-4,13-14,19-20H,1-2,5-10H2. The Balaban J connectivity index is 3.77. The lowest BCUT2D eigenvalue weighted by Gasteiger charge is -2.09. The van der Waals surface area contributed by atoms with Gasteiger partial charge < -0.3 is 19.7 Å². The molecule has 2 N–H and O–H groups in total. The molecule has 0 aliphatic carbocycles. The largest absolute Gasteiger partial charge is 0.462 e. The molecule has 134 valence electrons. The normalized spacial score (nSPS) is 12.6. The number of unbranched alkanes of at least 4 members (excludes halogenated alkanes) is 1. The highest BCUT2D eigenvalue weighted by Crippen LogP contribution is 2.04. The number of ketones is 2. The number of hydrogen-bond donors (Lipinski definition) is 2. The number of carbonyl (C=O) groups excluding carboxylic acids is 4. The predicted molar refractivity (Wildman–Crippen MR) is 82.8 cm³/mol. The van der Waals surface area contributed by atoms with Crippen LogP contribution < -0.4 is 0 Å². The van der Waals surface area contributed by atoms with E-state index < -0.39 is 48.9 Å². The van der Waals surface area contributed by atoms with E-state index in [1.807, 2.05) is 0 Å². The Kier molecular flexibility index (Phi) is 11.0. The quantitative estimate of drug-likeness (QED) is 0.269. The molecule has 8 nitrogen and oxygen atoms in total. The molecule has 0 heterocycles. The highest BCUT2D eigenvalue weighted by molar-refractivity contribution is 5.93. The third kappa shape index (κ3) is 9.65. The van der Waals surface area contributed by atoms with Crippen LogP contribution in [0, 0.1) is 0 Å². The molecular weight excluding hydrogens is 320 g/mol. The van der Waals surface area contributed by atoms with Gasteiger partial charge in [-0.3, -0.25) is 19.2 Å². The van der Waals surface area contributed by atoms with Gasteiger partial charge in [-0.15, -0.1) is 0 Å². The summed E-state index contributed by atoms with van der Waals surface area (Å²) in [5.74, 6) is -2.48.